The number of ether oxygens (including phenoxy) is 3. The third kappa shape index (κ3) is 9.96. The van der Waals surface area contributed by atoms with Crippen molar-refractivity contribution >= 4 is 23.6 Å². The Hall–Kier alpha value is -5.18. The summed E-state index contributed by atoms with van der Waals surface area (Å²) in [6.45, 7) is 9.37. The number of methoxy groups -OCH3 is 2. The zero-order valence-corrected chi connectivity index (χ0v) is 30.4. The van der Waals surface area contributed by atoms with E-state index in [4.69, 9.17) is 19.9 Å². The zero-order valence-electron chi connectivity index (χ0n) is 30.4. The van der Waals surface area contributed by atoms with E-state index < -0.39 is 23.9 Å². The summed E-state index contributed by atoms with van der Waals surface area (Å²) in [5, 5.41) is 13.0. The van der Waals surface area contributed by atoms with Gasteiger partial charge in [0.05, 0.1) is 38.9 Å². The number of carbonyl (C=O) groups is 4. The van der Waals surface area contributed by atoms with Crippen molar-refractivity contribution in [2.45, 2.75) is 72.6 Å². The van der Waals surface area contributed by atoms with Crippen LogP contribution in [0.25, 0.3) is 0 Å². The number of amides is 4. The topological polar surface area (TPSA) is 192 Å². The number of nitrogens with zero attached hydrogens (tertiary/aromatic N) is 4. The number of benzene rings is 2. The molecule has 0 aliphatic carbocycles. The predicted octanol–water partition coefficient (Wildman–Crippen LogP) is 2.86. The van der Waals surface area contributed by atoms with Crippen LogP contribution < -0.4 is 35.9 Å². The summed E-state index contributed by atoms with van der Waals surface area (Å²) in [6.07, 6.45) is 1.00. The lowest BCUT2D eigenvalue weighted by molar-refractivity contribution is -0.138. The average molecular weight is 707 g/mol. The van der Waals surface area contributed by atoms with Crippen LogP contribution in [0.1, 0.15) is 74.1 Å². The van der Waals surface area contributed by atoms with Crippen LogP contribution >= 0.6 is 0 Å². The van der Waals surface area contributed by atoms with E-state index in [9.17, 15) is 19.2 Å². The van der Waals surface area contributed by atoms with Gasteiger partial charge in [0.1, 0.15) is 35.7 Å². The molecule has 2 bridgehead atoms. The second-order valence-corrected chi connectivity index (χ2v) is 13.1. The third-order valence-corrected chi connectivity index (χ3v) is 8.60. The molecule has 15 nitrogen and oxygen atoms in total. The molecule has 5 N–H and O–H groups in total. The lowest BCUT2D eigenvalue weighted by Gasteiger charge is -2.26. The number of hydrogen-bond donors (Lipinski definition) is 4. The van der Waals surface area contributed by atoms with E-state index in [0.717, 1.165) is 0 Å². The zero-order chi connectivity index (χ0) is 37.2. The molecule has 2 heterocycles. The van der Waals surface area contributed by atoms with Gasteiger partial charge in [0, 0.05) is 18.7 Å². The quantitative estimate of drug-likeness (QED) is 0.284. The summed E-state index contributed by atoms with van der Waals surface area (Å²) in [4.78, 5) is 59.9. The molecule has 0 saturated carbocycles. The fourth-order valence-electron chi connectivity index (χ4n) is 5.62. The van der Waals surface area contributed by atoms with Crippen LogP contribution in [-0.2, 0) is 27.5 Å². The third-order valence-electron chi connectivity index (χ3n) is 8.60. The Morgan fingerprint density at radius 1 is 1.02 bits per heavy atom. The summed E-state index contributed by atoms with van der Waals surface area (Å²) < 4.78 is 18.9. The molecule has 3 aromatic rings. The van der Waals surface area contributed by atoms with Gasteiger partial charge in [-0.15, -0.1) is 0 Å². The van der Waals surface area contributed by atoms with Gasteiger partial charge < -0.3 is 40.8 Å². The number of nitrogens with two attached hydrogens (primary N) is 1. The first-order valence-electron chi connectivity index (χ1n) is 17.1. The molecular formula is C36H50N8O7. The van der Waals surface area contributed by atoms with Gasteiger partial charge >= 0.3 is 0 Å². The van der Waals surface area contributed by atoms with Gasteiger partial charge in [0.2, 0.25) is 17.7 Å². The minimum absolute atomic E-state index is 0.00252. The molecule has 2 aromatic carbocycles. The van der Waals surface area contributed by atoms with Gasteiger partial charge in [0.15, 0.2) is 11.5 Å². The predicted molar refractivity (Wildman–Crippen MR) is 189 cm³/mol. The van der Waals surface area contributed by atoms with Gasteiger partial charge in [-0.05, 0) is 61.9 Å². The molecule has 2 atom stereocenters. The molecule has 276 valence electrons. The van der Waals surface area contributed by atoms with Crippen LogP contribution in [0.3, 0.4) is 0 Å². The van der Waals surface area contributed by atoms with Crippen molar-refractivity contribution in [2.75, 3.05) is 33.9 Å². The Morgan fingerprint density at radius 3 is 2.45 bits per heavy atom. The lowest BCUT2D eigenvalue weighted by Crippen LogP contribution is -2.52. The molecule has 4 amide bonds. The molecule has 0 unspecified atom stereocenters. The summed E-state index contributed by atoms with van der Waals surface area (Å²) in [7, 11) is 3.01. The van der Waals surface area contributed by atoms with Crippen molar-refractivity contribution in [1.82, 2.24) is 35.6 Å². The second kappa shape index (κ2) is 17.7. The van der Waals surface area contributed by atoms with Crippen LogP contribution in [0.15, 0.2) is 36.4 Å². The molecule has 1 aromatic heterocycles. The SMILES string of the molecule is COc1ccc2cc1Oc1cccc(OC)c1CNC(=O)[C@@H](C(C)C)NC(=O)CN(C(=O)Cn1nc(C)nc1[C@@H](N)C(C)C)CCCCNC2=O. The van der Waals surface area contributed by atoms with Crippen molar-refractivity contribution in [3.05, 3.63) is 59.2 Å². The summed E-state index contributed by atoms with van der Waals surface area (Å²) >= 11 is 0. The Bertz CT molecular complexity index is 1710. The van der Waals surface area contributed by atoms with Crippen molar-refractivity contribution in [3.8, 4) is 23.0 Å². The number of carbonyl (C=O) groups excluding carboxylic acids is 4. The first-order valence-corrected chi connectivity index (χ1v) is 17.1. The molecule has 0 spiro atoms. The maximum absolute atomic E-state index is 13.8. The first kappa shape index (κ1) is 38.6. The van der Waals surface area contributed by atoms with E-state index in [2.05, 4.69) is 26.0 Å². The highest BCUT2D eigenvalue weighted by atomic mass is 16.5. The Balaban J connectivity index is 1.64. The fraction of sp³-hybridized carbons (Fsp3) is 0.500. The number of nitrogens with one attached hydrogen (secondary N) is 3. The monoisotopic (exact) mass is 706 g/mol. The van der Waals surface area contributed by atoms with Gasteiger partial charge in [-0.2, -0.15) is 5.10 Å². The molecule has 0 radical (unpaired) electrons. The summed E-state index contributed by atoms with van der Waals surface area (Å²) in [6, 6.07) is 8.73. The van der Waals surface area contributed by atoms with E-state index in [1.54, 1.807) is 43.3 Å². The average Bonchev–Trinajstić information content (AvgIpc) is 3.46. The summed E-state index contributed by atoms with van der Waals surface area (Å²) in [5.41, 5.74) is 7.26. The minimum atomic E-state index is -0.903. The number of aromatic nitrogens is 3. The molecule has 0 saturated heterocycles. The molecule has 51 heavy (non-hydrogen) atoms. The molecule has 4 rings (SSSR count). The van der Waals surface area contributed by atoms with E-state index in [-0.39, 0.29) is 49.8 Å². The van der Waals surface area contributed by atoms with Gasteiger partial charge in [-0.3, -0.25) is 19.2 Å². The van der Waals surface area contributed by atoms with E-state index in [1.165, 1.54) is 23.8 Å². The van der Waals surface area contributed by atoms with Crippen molar-refractivity contribution in [2.24, 2.45) is 17.6 Å². The highest BCUT2D eigenvalue weighted by Crippen LogP contribution is 2.37. The largest absolute Gasteiger partial charge is 0.496 e. The Kier molecular flexibility index (Phi) is 13.4. The standard InChI is InChI=1S/C36H50N8O7/c1-21(2)32(37)34-40-23(5)42-44(34)20-31(46)43-16-9-8-15-38-35(47)24-13-14-28(50-7)29(17-24)51-27-12-10-11-26(49-6)25(27)18-39-36(48)33(22(3)4)41-30(45)19-43/h10-14,17,21-22,32-33H,8-9,15-16,18-20,37H2,1-7H3,(H,38,47)(H,39,48)(H,41,45)/t32-,33+/m0/s1. The minimum Gasteiger partial charge on any atom is -0.496 e. The number of fused-ring (bicyclic) bond motifs is 3. The molecular weight excluding hydrogens is 656 g/mol. The Morgan fingerprint density at radius 2 is 1.76 bits per heavy atom. The normalized spacial score (nSPS) is 17.1. The fourth-order valence-corrected chi connectivity index (χ4v) is 5.62. The van der Waals surface area contributed by atoms with Crippen molar-refractivity contribution in [1.29, 1.82) is 0 Å². The van der Waals surface area contributed by atoms with Crippen LogP contribution in [0, 0.1) is 18.8 Å². The first-order chi connectivity index (χ1) is 24.3. The smallest absolute Gasteiger partial charge is 0.251 e. The summed E-state index contributed by atoms with van der Waals surface area (Å²) in [5.74, 6) is 0.660. The van der Waals surface area contributed by atoms with Gasteiger partial charge in [0.25, 0.3) is 5.91 Å². The van der Waals surface area contributed by atoms with Crippen LogP contribution in [0.5, 0.6) is 23.0 Å². The molecule has 1 aliphatic heterocycles. The van der Waals surface area contributed by atoms with Crippen molar-refractivity contribution in [3.63, 3.8) is 0 Å². The maximum atomic E-state index is 13.8. The molecule has 0 fully saturated rings. The molecule has 15 heteroatoms. The van der Waals surface area contributed by atoms with Gasteiger partial charge in [-0.25, -0.2) is 9.67 Å². The van der Waals surface area contributed by atoms with Gasteiger partial charge in [-0.1, -0.05) is 33.8 Å². The van der Waals surface area contributed by atoms with Crippen LogP contribution in [0.4, 0.5) is 0 Å². The van der Waals surface area contributed by atoms with E-state index in [1.807, 2.05) is 27.7 Å². The maximum Gasteiger partial charge on any atom is 0.251 e. The van der Waals surface area contributed by atoms with E-state index in [0.29, 0.717) is 65.2 Å². The van der Waals surface area contributed by atoms with Crippen LogP contribution in [0.2, 0.25) is 0 Å². The van der Waals surface area contributed by atoms with Crippen LogP contribution in [-0.4, -0.2) is 83.2 Å². The highest BCUT2D eigenvalue weighted by Gasteiger charge is 2.28. The highest BCUT2D eigenvalue weighted by molar-refractivity contribution is 5.95. The number of rotatable bonds is 7. The van der Waals surface area contributed by atoms with E-state index >= 15 is 0 Å². The Labute approximate surface area is 298 Å². The lowest BCUT2D eigenvalue weighted by atomic mass is 10.0. The van der Waals surface area contributed by atoms with Crippen molar-refractivity contribution < 1.29 is 33.4 Å². The second-order valence-electron chi connectivity index (χ2n) is 13.1. The number of hydrogen-bond acceptors (Lipinski definition) is 10. The molecule has 1 aliphatic rings. The number of aryl methyl sites for hydroxylation is 1.